The van der Waals surface area contributed by atoms with Gasteiger partial charge in [0.15, 0.2) is 0 Å². The second-order valence-corrected chi connectivity index (χ2v) is 5.36. The van der Waals surface area contributed by atoms with Crippen LogP contribution in [-0.4, -0.2) is 5.10 Å². The number of aromatic nitrogens is 2. The van der Waals surface area contributed by atoms with Crippen LogP contribution in [0, 0.1) is 0 Å². The Balaban J connectivity index is 2.09. The third kappa shape index (κ3) is 1.23. The highest BCUT2D eigenvalue weighted by Crippen LogP contribution is 2.43. The van der Waals surface area contributed by atoms with E-state index in [1.54, 1.807) is 4.52 Å². The molecule has 21 heavy (non-hydrogen) atoms. The van der Waals surface area contributed by atoms with Crippen molar-refractivity contribution >= 4 is 16.3 Å². The third-order valence-electron chi connectivity index (χ3n) is 4.25. The fourth-order valence-electron chi connectivity index (χ4n) is 3.35. The van der Waals surface area contributed by atoms with E-state index in [4.69, 9.17) is 0 Å². The maximum absolute atomic E-state index is 12.9. The van der Waals surface area contributed by atoms with Crippen LogP contribution in [0.25, 0.3) is 38.7 Å². The van der Waals surface area contributed by atoms with Gasteiger partial charge in [-0.1, -0.05) is 40.9 Å². The predicted octanol–water partition coefficient (Wildman–Crippen LogP) is 2.91. The largest absolute Gasteiger partial charge is 0.283 e. The van der Waals surface area contributed by atoms with Crippen molar-refractivity contribution in [2.75, 3.05) is 0 Å². The van der Waals surface area contributed by atoms with E-state index in [0.29, 0.717) is 5.52 Å². The van der Waals surface area contributed by atoms with Gasteiger partial charge in [-0.25, -0.2) is 0 Å². The number of benzene rings is 2. The van der Waals surface area contributed by atoms with Crippen molar-refractivity contribution in [3.05, 3.63) is 71.0 Å². The molecule has 1 aliphatic rings. The molecule has 5 rings (SSSR count). The fraction of sp³-hybridized carbons (Fsp3) is 0. The highest BCUT2D eigenvalue weighted by atomic mass is 16.1. The van der Waals surface area contributed by atoms with E-state index in [1.807, 2.05) is 42.6 Å². The molecule has 98 valence electrons. The van der Waals surface area contributed by atoms with E-state index in [-0.39, 0.29) is 5.43 Å². The zero-order valence-electron chi connectivity index (χ0n) is 11.1. The maximum atomic E-state index is 12.9. The van der Waals surface area contributed by atoms with Gasteiger partial charge in [0.25, 0.3) is 10.9 Å². The lowest BCUT2D eigenvalue weighted by Crippen LogP contribution is -2.33. The van der Waals surface area contributed by atoms with Crippen LogP contribution in [0.5, 0.6) is 0 Å². The molecule has 3 heteroatoms. The lowest BCUT2D eigenvalue weighted by molar-refractivity contribution is -0.580. The average Bonchev–Trinajstić information content (AvgIpc) is 2.85. The van der Waals surface area contributed by atoms with Crippen molar-refractivity contribution in [1.29, 1.82) is 0 Å². The van der Waals surface area contributed by atoms with Gasteiger partial charge in [0.05, 0.1) is 5.56 Å². The van der Waals surface area contributed by atoms with Crippen molar-refractivity contribution in [1.82, 2.24) is 5.10 Å². The van der Waals surface area contributed by atoms with E-state index in [2.05, 4.69) is 23.3 Å². The molecular weight excluding hydrogens is 260 g/mol. The number of hydrogen-bond donors (Lipinski definition) is 1. The molecule has 0 radical (unpaired) electrons. The number of nitrogens with zero attached hydrogens (tertiary/aromatic N) is 1. The second kappa shape index (κ2) is 3.58. The summed E-state index contributed by atoms with van der Waals surface area (Å²) < 4.78 is 1.80. The van der Waals surface area contributed by atoms with Crippen molar-refractivity contribution in [3.8, 4) is 22.4 Å². The summed E-state index contributed by atoms with van der Waals surface area (Å²) in [6, 6.07) is 18.0. The Morgan fingerprint density at radius 2 is 1.67 bits per heavy atom. The summed E-state index contributed by atoms with van der Waals surface area (Å²) in [5, 5.41) is 5.71. The number of nitrogens with one attached hydrogen (secondary N) is 1. The smallest absolute Gasteiger partial charge is 0.282 e. The molecule has 0 spiro atoms. The molecule has 1 N–H and O–H groups in total. The molecule has 0 aliphatic heterocycles. The Bertz CT molecular complexity index is 1100. The van der Waals surface area contributed by atoms with Crippen LogP contribution in [-0.2, 0) is 0 Å². The number of H-pyrrole nitrogens is 1. The first kappa shape index (κ1) is 10.8. The summed E-state index contributed by atoms with van der Waals surface area (Å²) >= 11 is 0. The molecule has 0 atom stereocenters. The van der Waals surface area contributed by atoms with Gasteiger partial charge in [-0.3, -0.25) is 4.79 Å². The Labute approximate surface area is 120 Å². The van der Waals surface area contributed by atoms with Crippen molar-refractivity contribution in [3.63, 3.8) is 0 Å². The molecule has 0 bridgehead atoms. The maximum Gasteiger partial charge on any atom is 0.283 e. The van der Waals surface area contributed by atoms with Crippen LogP contribution in [0.15, 0.2) is 65.6 Å². The van der Waals surface area contributed by atoms with Gasteiger partial charge >= 0.3 is 0 Å². The number of rotatable bonds is 0. The number of aromatic amines is 1. The van der Waals surface area contributed by atoms with E-state index < -0.39 is 0 Å². The van der Waals surface area contributed by atoms with Gasteiger partial charge in [0.1, 0.15) is 5.69 Å². The van der Waals surface area contributed by atoms with Crippen LogP contribution in [0.4, 0.5) is 0 Å². The number of pyridine rings is 1. The molecule has 0 saturated carbocycles. The van der Waals surface area contributed by atoms with E-state index in [0.717, 1.165) is 22.4 Å². The summed E-state index contributed by atoms with van der Waals surface area (Å²) in [6.45, 7) is 0. The first-order valence-corrected chi connectivity index (χ1v) is 6.94. The van der Waals surface area contributed by atoms with Crippen LogP contribution < -0.4 is 9.94 Å². The summed E-state index contributed by atoms with van der Waals surface area (Å²) in [5.41, 5.74) is 4.58. The number of fused-ring (bicyclic) bond motifs is 4. The summed E-state index contributed by atoms with van der Waals surface area (Å²) in [6.07, 6.45) is 1.88. The van der Waals surface area contributed by atoms with E-state index in [1.165, 1.54) is 10.8 Å². The van der Waals surface area contributed by atoms with Gasteiger partial charge in [-0.2, -0.15) is 5.10 Å². The van der Waals surface area contributed by atoms with Gasteiger partial charge in [0, 0.05) is 17.7 Å². The lowest BCUT2D eigenvalue weighted by atomic mass is 10.0. The Morgan fingerprint density at radius 3 is 2.52 bits per heavy atom. The minimum absolute atomic E-state index is 0.0769. The molecule has 1 aliphatic carbocycles. The molecule has 2 heterocycles. The standard InChI is InChI=1S/C18H10N2O/c21-18-14-9-1-2-10-20(14)19-17-13-8-4-6-11-5-3-7-12(15(11)13)16(17)18/h1-10H/p+1. The van der Waals surface area contributed by atoms with E-state index in [9.17, 15) is 4.79 Å². The fourth-order valence-corrected chi connectivity index (χ4v) is 3.35. The van der Waals surface area contributed by atoms with Crippen molar-refractivity contribution in [2.24, 2.45) is 0 Å². The monoisotopic (exact) mass is 271 g/mol. The Kier molecular flexibility index (Phi) is 1.84. The van der Waals surface area contributed by atoms with Gasteiger partial charge in [0.2, 0.25) is 6.20 Å². The average molecular weight is 271 g/mol. The van der Waals surface area contributed by atoms with Crippen LogP contribution >= 0.6 is 0 Å². The Hall–Kier alpha value is -2.94. The van der Waals surface area contributed by atoms with Crippen molar-refractivity contribution < 1.29 is 4.52 Å². The van der Waals surface area contributed by atoms with Gasteiger partial charge in [-0.15, -0.1) is 0 Å². The zero-order valence-corrected chi connectivity index (χ0v) is 11.1. The van der Waals surface area contributed by atoms with Crippen molar-refractivity contribution in [2.45, 2.75) is 0 Å². The molecule has 2 aromatic heterocycles. The molecule has 0 fully saturated rings. The molecular formula is C18H11N2O+. The lowest BCUT2D eigenvalue weighted by Gasteiger charge is -1.99. The summed E-state index contributed by atoms with van der Waals surface area (Å²) in [5.74, 6) is 0. The Morgan fingerprint density at radius 1 is 0.857 bits per heavy atom. The highest BCUT2D eigenvalue weighted by Gasteiger charge is 2.28. The topological polar surface area (TPSA) is 37.0 Å². The predicted molar refractivity (Wildman–Crippen MR) is 82.2 cm³/mol. The first-order chi connectivity index (χ1) is 10.3. The van der Waals surface area contributed by atoms with Gasteiger partial charge < -0.3 is 0 Å². The molecule has 0 saturated heterocycles. The summed E-state index contributed by atoms with van der Waals surface area (Å²) in [4.78, 5) is 12.9. The minimum atomic E-state index is 0.0769. The normalized spacial score (nSPS) is 12.0. The molecule has 4 aromatic rings. The second-order valence-electron chi connectivity index (χ2n) is 5.36. The molecule has 3 nitrogen and oxygen atoms in total. The van der Waals surface area contributed by atoms with Crippen LogP contribution in [0.3, 0.4) is 0 Å². The number of hydrogen-bond acceptors (Lipinski definition) is 1. The minimum Gasteiger partial charge on any atom is -0.282 e. The summed E-state index contributed by atoms with van der Waals surface area (Å²) in [7, 11) is 0. The van der Waals surface area contributed by atoms with E-state index >= 15 is 0 Å². The van der Waals surface area contributed by atoms with Gasteiger partial charge in [-0.05, 0) is 22.4 Å². The van der Waals surface area contributed by atoms with Crippen LogP contribution in [0.1, 0.15) is 0 Å². The molecule has 0 amide bonds. The van der Waals surface area contributed by atoms with Crippen LogP contribution in [0.2, 0.25) is 0 Å². The molecule has 0 unspecified atom stereocenters. The first-order valence-electron chi connectivity index (χ1n) is 6.94. The molecule has 2 aromatic carbocycles. The quantitative estimate of drug-likeness (QED) is 0.432. The zero-order chi connectivity index (χ0) is 14.0. The SMILES string of the molecule is O=c1c2c([nH][n+]3ccccc13)-c1cccc3cccc-2c13. The highest BCUT2D eigenvalue weighted by molar-refractivity contribution is 6.14. The third-order valence-corrected chi connectivity index (χ3v) is 4.25.